The Kier molecular flexibility index (Phi) is 4.96. The predicted molar refractivity (Wildman–Crippen MR) is 90.1 cm³/mol. The maximum absolute atomic E-state index is 12.8. The quantitative estimate of drug-likeness (QED) is 0.730. The fourth-order valence-electron chi connectivity index (χ4n) is 2.61. The Labute approximate surface area is 140 Å². The van der Waals surface area contributed by atoms with Crippen LogP contribution in [0.4, 0.5) is 0 Å². The molecule has 0 aliphatic carbocycles. The normalized spacial score (nSPS) is 13.2. The number of tetrazole rings is 1. The van der Waals surface area contributed by atoms with E-state index in [9.17, 15) is 4.79 Å². The monoisotopic (exact) mass is 321 g/mol. The van der Waals surface area contributed by atoms with Crippen molar-refractivity contribution in [2.45, 2.75) is 25.3 Å². The molecular formula is C18H19N5O. The second-order valence-corrected chi connectivity index (χ2v) is 5.65. The lowest BCUT2D eigenvalue weighted by Gasteiger charge is -2.18. The van der Waals surface area contributed by atoms with Gasteiger partial charge >= 0.3 is 0 Å². The van der Waals surface area contributed by atoms with Gasteiger partial charge < -0.3 is 5.32 Å². The third kappa shape index (κ3) is 3.84. The smallest absolute Gasteiger partial charge is 0.231 e. The van der Waals surface area contributed by atoms with Gasteiger partial charge in [0.1, 0.15) is 5.92 Å². The van der Waals surface area contributed by atoms with Crippen LogP contribution in [0, 0.1) is 0 Å². The van der Waals surface area contributed by atoms with Gasteiger partial charge in [-0.05, 0) is 24.5 Å². The van der Waals surface area contributed by atoms with E-state index in [0.29, 0.717) is 12.2 Å². The number of carbonyl (C=O) groups is 1. The molecule has 1 amide bonds. The van der Waals surface area contributed by atoms with E-state index in [1.165, 1.54) is 0 Å². The SMILES string of the molecule is C[C@H](NC(=O)C(Cc1ccccc1)c1nn[nH]n1)c1ccccc1. The Morgan fingerprint density at radius 1 is 1.08 bits per heavy atom. The molecule has 0 saturated carbocycles. The maximum Gasteiger partial charge on any atom is 0.231 e. The summed E-state index contributed by atoms with van der Waals surface area (Å²) in [5, 5.41) is 17.1. The Bertz CT molecular complexity index is 759. The van der Waals surface area contributed by atoms with Gasteiger partial charge in [0.05, 0.1) is 6.04 Å². The third-order valence-corrected chi connectivity index (χ3v) is 3.93. The van der Waals surface area contributed by atoms with Crippen molar-refractivity contribution in [1.29, 1.82) is 0 Å². The van der Waals surface area contributed by atoms with Crippen molar-refractivity contribution in [3.05, 3.63) is 77.6 Å². The van der Waals surface area contributed by atoms with Crippen LogP contribution in [0.25, 0.3) is 0 Å². The molecule has 0 aliphatic heterocycles. The van der Waals surface area contributed by atoms with Gasteiger partial charge in [-0.15, -0.1) is 10.2 Å². The standard InChI is InChI=1S/C18H19N5O/c1-13(15-10-6-3-7-11-15)19-18(24)16(17-20-22-23-21-17)12-14-8-4-2-5-9-14/h2-11,13,16H,12H2,1H3,(H,19,24)(H,20,21,22,23)/t13-,16?/m0/s1. The van der Waals surface area contributed by atoms with Crippen LogP contribution in [0.15, 0.2) is 60.7 Å². The van der Waals surface area contributed by atoms with Crippen LogP contribution in [0.1, 0.15) is 35.8 Å². The highest BCUT2D eigenvalue weighted by Crippen LogP contribution is 2.20. The zero-order chi connectivity index (χ0) is 16.8. The van der Waals surface area contributed by atoms with Crippen molar-refractivity contribution in [1.82, 2.24) is 25.9 Å². The summed E-state index contributed by atoms with van der Waals surface area (Å²) in [5.74, 6) is -0.203. The molecule has 0 bridgehead atoms. The fourth-order valence-corrected chi connectivity index (χ4v) is 2.61. The van der Waals surface area contributed by atoms with Gasteiger partial charge in [0, 0.05) is 0 Å². The average Bonchev–Trinajstić information content (AvgIpc) is 3.15. The summed E-state index contributed by atoms with van der Waals surface area (Å²) in [5.41, 5.74) is 2.10. The molecule has 0 saturated heterocycles. The lowest BCUT2D eigenvalue weighted by atomic mass is 9.97. The molecule has 0 spiro atoms. The molecule has 2 N–H and O–H groups in total. The summed E-state index contributed by atoms with van der Waals surface area (Å²) in [7, 11) is 0. The number of benzene rings is 2. The molecule has 0 aliphatic rings. The molecule has 6 heteroatoms. The number of amides is 1. The summed E-state index contributed by atoms with van der Waals surface area (Å²) < 4.78 is 0. The highest BCUT2D eigenvalue weighted by atomic mass is 16.2. The Morgan fingerprint density at radius 3 is 2.38 bits per heavy atom. The van der Waals surface area contributed by atoms with Crippen LogP contribution in [-0.2, 0) is 11.2 Å². The number of hydrogen-bond donors (Lipinski definition) is 2. The van der Waals surface area contributed by atoms with E-state index in [4.69, 9.17) is 0 Å². The fraction of sp³-hybridized carbons (Fsp3) is 0.222. The van der Waals surface area contributed by atoms with Gasteiger partial charge in [0.25, 0.3) is 0 Å². The zero-order valence-electron chi connectivity index (χ0n) is 13.4. The number of H-pyrrole nitrogens is 1. The van der Waals surface area contributed by atoms with E-state index in [-0.39, 0.29) is 11.9 Å². The van der Waals surface area contributed by atoms with Crippen LogP contribution >= 0.6 is 0 Å². The Balaban J connectivity index is 1.76. The van der Waals surface area contributed by atoms with Crippen LogP contribution in [0.2, 0.25) is 0 Å². The molecule has 0 radical (unpaired) electrons. The van der Waals surface area contributed by atoms with E-state index in [1.54, 1.807) is 0 Å². The van der Waals surface area contributed by atoms with Crippen molar-refractivity contribution in [3.63, 3.8) is 0 Å². The first-order chi connectivity index (χ1) is 11.7. The van der Waals surface area contributed by atoms with Gasteiger partial charge in [0.15, 0.2) is 5.82 Å². The van der Waals surface area contributed by atoms with E-state index < -0.39 is 5.92 Å². The van der Waals surface area contributed by atoms with Crippen LogP contribution in [0.3, 0.4) is 0 Å². The number of carbonyl (C=O) groups excluding carboxylic acids is 1. The number of aromatic amines is 1. The van der Waals surface area contributed by atoms with E-state index in [2.05, 4.69) is 25.9 Å². The van der Waals surface area contributed by atoms with Crippen molar-refractivity contribution in [2.24, 2.45) is 0 Å². The summed E-state index contributed by atoms with van der Waals surface area (Å²) in [6, 6.07) is 19.6. The summed E-state index contributed by atoms with van der Waals surface area (Å²) in [4.78, 5) is 12.8. The number of aromatic nitrogens is 4. The second kappa shape index (κ2) is 7.50. The minimum absolute atomic E-state index is 0.0936. The molecule has 1 aromatic heterocycles. The molecule has 1 heterocycles. The minimum Gasteiger partial charge on any atom is -0.349 e. The van der Waals surface area contributed by atoms with Crippen molar-refractivity contribution < 1.29 is 4.79 Å². The summed E-state index contributed by atoms with van der Waals surface area (Å²) >= 11 is 0. The van der Waals surface area contributed by atoms with Crippen molar-refractivity contribution in [2.75, 3.05) is 0 Å². The van der Waals surface area contributed by atoms with Crippen LogP contribution < -0.4 is 5.32 Å². The van der Waals surface area contributed by atoms with Crippen molar-refractivity contribution >= 4 is 5.91 Å². The summed E-state index contributed by atoms with van der Waals surface area (Å²) in [6.07, 6.45) is 0.522. The first-order valence-electron chi connectivity index (χ1n) is 7.86. The van der Waals surface area contributed by atoms with E-state index >= 15 is 0 Å². The van der Waals surface area contributed by atoms with Gasteiger partial charge in [-0.1, -0.05) is 65.9 Å². The highest BCUT2D eigenvalue weighted by molar-refractivity contribution is 5.83. The average molecular weight is 321 g/mol. The second-order valence-electron chi connectivity index (χ2n) is 5.65. The molecular weight excluding hydrogens is 302 g/mol. The Hall–Kier alpha value is -3.02. The molecule has 3 aromatic rings. The molecule has 6 nitrogen and oxygen atoms in total. The lowest BCUT2D eigenvalue weighted by molar-refractivity contribution is -0.123. The number of hydrogen-bond acceptors (Lipinski definition) is 4. The van der Waals surface area contributed by atoms with Gasteiger partial charge in [-0.3, -0.25) is 4.79 Å². The number of nitrogens with zero attached hydrogens (tertiary/aromatic N) is 3. The lowest BCUT2D eigenvalue weighted by Crippen LogP contribution is -2.33. The molecule has 24 heavy (non-hydrogen) atoms. The van der Waals surface area contributed by atoms with Gasteiger partial charge in [0.2, 0.25) is 5.91 Å². The largest absolute Gasteiger partial charge is 0.349 e. The maximum atomic E-state index is 12.8. The first kappa shape index (κ1) is 15.9. The van der Waals surface area contributed by atoms with Gasteiger partial charge in [-0.25, -0.2) is 0 Å². The van der Waals surface area contributed by atoms with Crippen molar-refractivity contribution in [3.8, 4) is 0 Å². The van der Waals surface area contributed by atoms with Gasteiger partial charge in [-0.2, -0.15) is 5.21 Å². The van der Waals surface area contributed by atoms with E-state index in [1.807, 2.05) is 67.6 Å². The molecule has 2 aromatic carbocycles. The molecule has 2 atom stereocenters. The predicted octanol–water partition coefficient (Wildman–Crippen LogP) is 2.40. The highest BCUT2D eigenvalue weighted by Gasteiger charge is 2.26. The topological polar surface area (TPSA) is 83.6 Å². The van der Waals surface area contributed by atoms with Crippen LogP contribution in [0.5, 0.6) is 0 Å². The first-order valence-corrected chi connectivity index (χ1v) is 7.86. The number of rotatable bonds is 6. The molecule has 1 unspecified atom stereocenters. The summed E-state index contributed by atoms with van der Waals surface area (Å²) in [6.45, 7) is 1.96. The molecule has 122 valence electrons. The molecule has 3 rings (SSSR count). The minimum atomic E-state index is -0.489. The Morgan fingerprint density at radius 2 is 1.75 bits per heavy atom. The van der Waals surface area contributed by atoms with E-state index in [0.717, 1.165) is 11.1 Å². The molecule has 0 fully saturated rings. The van der Waals surface area contributed by atoms with Crippen LogP contribution in [-0.4, -0.2) is 26.5 Å². The zero-order valence-corrected chi connectivity index (χ0v) is 13.4. The number of nitrogens with one attached hydrogen (secondary N) is 2. The third-order valence-electron chi connectivity index (χ3n) is 3.93.